The SMILES string of the molecule is CC1CNC(c2cccc(Oc3ccccc3)c2)C1. The minimum Gasteiger partial charge on any atom is -0.457 e. The number of hydrogen-bond acceptors (Lipinski definition) is 2. The smallest absolute Gasteiger partial charge is 0.127 e. The van der Waals surface area contributed by atoms with Crippen LogP contribution < -0.4 is 10.1 Å². The molecule has 0 aliphatic carbocycles. The molecule has 2 heteroatoms. The van der Waals surface area contributed by atoms with Crippen molar-refractivity contribution in [2.75, 3.05) is 6.54 Å². The van der Waals surface area contributed by atoms with Gasteiger partial charge < -0.3 is 10.1 Å². The molecule has 0 amide bonds. The summed E-state index contributed by atoms with van der Waals surface area (Å²) in [5.41, 5.74) is 1.32. The Kier molecular flexibility index (Phi) is 3.51. The van der Waals surface area contributed by atoms with Crippen LogP contribution in [0.2, 0.25) is 0 Å². The average Bonchev–Trinajstić information content (AvgIpc) is 2.87. The second-order valence-electron chi connectivity index (χ2n) is 5.29. The van der Waals surface area contributed by atoms with E-state index in [0.717, 1.165) is 24.0 Å². The molecule has 1 fully saturated rings. The highest BCUT2D eigenvalue weighted by molar-refractivity contribution is 5.35. The van der Waals surface area contributed by atoms with E-state index in [4.69, 9.17) is 4.74 Å². The van der Waals surface area contributed by atoms with Crippen molar-refractivity contribution in [3.05, 3.63) is 60.2 Å². The molecule has 0 bridgehead atoms. The number of ether oxygens (including phenoxy) is 1. The Labute approximate surface area is 114 Å². The first-order valence-electron chi connectivity index (χ1n) is 6.87. The van der Waals surface area contributed by atoms with E-state index in [1.165, 1.54) is 12.0 Å². The predicted octanol–water partition coefficient (Wildman–Crippen LogP) is 4.15. The first-order valence-corrected chi connectivity index (χ1v) is 6.87. The molecule has 1 heterocycles. The van der Waals surface area contributed by atoms with Crippen LogP contribution in [0.15, 0.2) is 54.6 Å². The van der Waals surface area contributed by atoms with Gasteiger partial charge in [-0.1, -0.05) is 37.3 Å². The molecule has 0 spiro atoms. The van der Waals surface area contributed by atoms with Crippen molar-refractivity contribution in [1.82, 2.24) is 5.32 Å². The second-order valence-corrected chi connectivity index (χ2v) is 5.29. The van der Waals surface area contributed by atoms with Crippen molar-refractivity contribution in [1.29, 1.82) is 0 Å². The molecule has 2 aromatic rings. The number of para-hydroxylation sites is 1. The number of benzene rings is 2. The van der Waals surface area contributed by atoms with Crippen LogP contribution >= 0.6 is 0 Å². The fourth-order valence-corrected chi connectivity index (χ4v) is 2.59. The number of nitrogens with one attached hydrogen (secondary N) is 1. The molecule has 1 aliphatic rings. The maximum Gasteiger partial charge on any atom is 0.127 e. The van der Waals surface area contributed by atoms with Gasteiger partial charge in [-0.15, -0.1) is 0 Å². The van der Waals surface area contributed by atoms with Crippen molar-refractivity contribution < 1.29 is 4.74 Å². The summed E-state index contributed by atoms with van der Waals surface area (Å²) >= 11 is 0. The Morgan fingerprint density at radius 3 is 2.53 bits per heavy atom. The van der Waals surface area contributed by atoms with Crippen molar-refractivity contribution >= 4 is 0 Å². The predicted molar refractivity (Wildman–Crippen MR) is 77.5 cm³/mol. The van der Waals surface area contributed by atoms with Gasteiger partial charge in [0.1, 0.15) is 11.5 Å². The topological polar surface area (TPSA) is 21.3 Å². The third kappa shape index (κ3) is 2.96. The summed E-state index contributed by atoms with van der Waals surface area (Å²) < 4.78 is 5.88. The molecule has 0 radical (unpaired) electrons. The van der Waals surface area contributed by atoms with E-state index in [-0.39, 0.29) is 0 Å². The van der Waals surface area contributed by atoms with Gasteiger partial charge in [0.25, 0.3) is 0 Å². The third-order valence-electron chi connectivity index (χ3n) is 3.59. The van der Waals surface area contributed by atoms with Crippen molar-refractivity contribution in [3.8, 4) is 11.5 Å². The van der Waals surface area contributed by atoms with Crippen molar-refractivity contribution in [2.45, 2.75) is 19.4 Å². The molecule has 0 aromatic heterocycles. The van der Waals surface area contributed by atoms with E-state index in [9.17, 15) is 0 Å². The van der Waals surface area contributed by atoms with Crippen LogP contribution in [0.5, 0.6) is 11.5 Å². The quantitative estimate of drug-likeness (QED) is 0.887. The van der Waals surface area contributed by atoms with Gasteiger partial charge in [0.15, 0.2) is 0 Å². The zero-order valence-electron chi connectivity index (χ0n) is 11.2. The standard InChI is InChI=1S/C17H19NO/c1-13-10-17(18-12-13)14-6-5-9-16(11-14)19-15-7-3-2-4-8-15/h2-9,11,13,17-18H,10,12H2,1H3. The molecule has 0 saturated carbocycles. The molecule has 3 rings (SSSR count). The Morgan fingerprint density at radius 2 is 1.79 bits per heavy atom. The normalized spacial score (nSPS) is 22.4. The summed E-state index contributed by atoms with van der Waals surface area (Å²) in [6, 6.07) is 18.8. The molecular weight excluding hydrogens is 234 g/mol. The number of hydrogen-bond donors (Lipinski definition) is 1. The van der Waals surface area contributed by atoms with Crippen LogP contribution in [-0.2, 0) is 0 Å². The van der Waals surface area contributed by atoms with E-state index in [1.807, 2.05) is 36.4 Å². The zero-order chi connectivity index (χ0) is 13.1. The van der Waals surface area contributed by atoms with Gasteiger partial charge in [-0.3, -0.25) is 0 Å². The van der Waals surface area contributed by atoms with Gasteiger partial charge >= 0.3 is 0 Å². The summed E-state index contributed by atoms with van der Waals surface area (Å²) in [6.07, 6.45) is 1.20. The highest BCUT2D eigenvalue weighted by Crippen LogP contribution is 2.30. The van der Waals surface area contributed by atoms with Gasteiger partial charge in [-0.05, 0) is 48.7 Å². The highest BCUT2D eigenvalue weighted by Gasteiger charge is 2.22. The molecule has 2 nitrogen and oxygen atoms in total. The van der Waals surface area contributed by atoms with Gasteiger partial charge in [-0.25, -0.2) is 0 Å². The minimum atomic E-state index is 0.467. The van der Waals surface area contributed by atoms with E-state index in [1.54, 1.807) is 0 Å². The van der Waals surface area contributed by atoms with E-state index in [0.29, 0.717) is 6.04 Å². The van der Waals surface area contributed by atoms with Crippen molar-refractivity contribution in [3.63, 3.8) is 0 Å². The molecule has 19 heavy (non-hydrogen) atoms. The maximum absolute atomic E-state index is 5.88. The van der Waals surface area contributed by atoms with Crippen molar-refractivity contribution in [2.24, 2.45) is 5.92 Å². The van der Waals surface area contributed by atoms with Gasteiger partial charge in [-0.2, -0.15) is 0 Å². The van der Waals surface area contributed by atoms with E-state index < -0.39 is 0 Å². The Morgan fingerprint density at radius 1 is 1.00 bits per heavy atom. The van der Waals surface area contributed by atoms with Gasteiger partial charge in [0.05, 0.1) is 0 Å². The van der Waals surface area contributed by atoms with Crippen LogP contribution in [0.3, 0.4) is 0 Å². The summed E-state index contributed by atoms with van der Waals surface area (Å²) in [7, 11) is 0. The highest BCUT2D eigenvalue weighted by atomic mass is 16.5. The second kappa shape index (κ2) is 5.45. The number of rotatable bonds is 3. The third-order valence-corrected chi connectivity index (χ3v) is 3.59. The largest absolute Gasteiger partial charge is 0.457 e. The lowest BCUT2D eigenvalue weighted by Crippen LogP contribution is -2.13. The molecule has 1 aliphatic heterocycles. The van der Waals surface area contributed by atoms with Crippen LogP contribution in [0.25, 0.3) is 0 Å². The van der Waals surface area contributed by atoms with Crippen LogP contribution in [0, 0.1) is 5.92 Å². The molecule has 1 N–H and O–H groups in total. The lowest BCUT2D eigenvalue weighted by atomic mass is 10.0. The van der Waals surface area contributed by atoms with Crippen LogP contribution in [-0.4, -0.2) is 6.54 Å². The molecule has 2 atom stereocenters. The lowest BCUT2D eigenvalue weighted by Gasteiger charge is -2.13. The first-order chi connectivity index (χ1) is 9.31. The molecular formula is C17H19NO. The fourth-order valence-electron chi connectivity index (χ4n) is 2.59. The lowest BCUT2D eigenvalue weighted by molar-refractivity contribution is 0.480. The fraction of sp³-hybridized carbons (Fsp3) is 0.294. The minimum absolute atomic E-state index is 0.467. The molecule has 98 valence electrons. The van der Waals surface area contributed by atoms with Crippen LogP contribution in [0.4, 0.5) is 0 Å². The molecule has 2 unspecified atom stereocenters. The van der Waals surface area contributed by atoms with E-state index in [2.05, 4.69) is 30.4 Å². The summed E-state index contributed by atoms with van der Waals surface area (Å²) in [4.78, 5) is 0. The summed E-state index contributed by atoms with van der Waals surface area (Å²) in [5, 5.41) is 3.56. The summed E-state index contributed by atoms with van der Waals surface area (Å²) in [5.74, 6) is 2.54. The first kappa shape index (κ1) is 12.2. The monoisotopic (exact) mass is 253 g/mol. The van der Waals surface area contributed by atoms with Gasteiger partial charge in [0, 0.05) is 6.04 Å². The van der Waals surface area contributed by atoms with E-state index >= 15 is 0 Å². The zero-order valence-corrected chi connectivity index (χ0v) is 11.2. The Hall–Kier alpha value is -1.80. The summed E-state index contributed by atoms with van der Waals surface area (Å²) in [6.45, 7) is 3.39. The van der Waals surface area contributed by atoms with Gasteiger partial charge in [0.2, 0.25) is 0 Å². The maximum atomic E-state index is 5.88. The molecule has 1 saturated heterocycles. The Bertz CT molecular complexity index is 538. The average molecular weight is 253 g/mol. The van der Waals surface area contributed by atoms with Crippen LogP contribution in [0.1, 0.15) is 24.9 Å². The molecule has 2 aromatic carbocycles. The Balaban J connectivity index is 1.76.